The van der Waals surface area contributed by atoms with Crippen molar-refractivity contribution < 1.29 is 45.9 Å². The molecule has 0 aromatic rings. The van der Waals surface area contributed by atoms with Gasteiger partial charge < -0.3 is 31.0 Å². The maximum Gasteiger partial charge on any atom is 4.00 e. The zero-order valence-corrected chi connectivity index (χ0v) is 10.6. The van der Waals surface area contributed by atoms with Crippen LogP contribution in [0, 0.1) is 17.2 Å². The van der Waals surface area contributed by atoms with E-state index in [1.54, 1.807) is 0 Å². The molecule has 0 aliphatic heterocycles. The van der Waals surface area contributed by atoms with Gasteiger partial charge in [0.15, 0.2) is 0 Å². The minimum absolute atomic E-state index is 0. The summed E-state index contributed by atoms with van der Waals surface area (Å²) in [4.78, 5) is 0. The molecule has 74 valence electrons. The van der Waals surface area contributed by atoms with E-state index in [0.717, 1.165) is 12.8 Å². The Morgan fingerprint density at radius 3 is 1.67 bits per heavy atom. The standard InChI is InChI=1S/C7H11N.2ClH.H3N.Pt/c8-6-7-4-2-1-3-5-7;;;;/h7H,1-5H2;2*1H;1H3;/q;;;;+4/p-2. The third-order valence-corrected chi connectivity index (χ3v) is 1.79. The Bertz CT molecular complexity index is 110. The molecule has 12 heavy (non-hydrogen) atoms. The van der Waals surface area contributed by atoms with Gasteiger partial charge in [0.1, 0.15) is 0 Å². The Balaban J connectivity index is -0.0000000800. The van der Waals surface area contributed by atoms with Crippen molar-refractivity contribution in [2.75, 3.05) is 0 Å². The van der Waals surface area contributed by atoms with Gasteiger partial charge in [0, 0.05) is 5.92 Å². The van der Waals surface area contributed by atoms with Crippen molar-refractivity contribution in [3.8, 4) is 6.07 Å². The van der Waals surface area contributed by atoms with Crippen molar-refractivity contribution in [2.45, 2.75) is 32.1 Å². The van der Waals surface area contributed by atoms with Gasteiger partial charge in [-0.3, -0.25) is 0 Å². The van der Waals surface area contributed by atoms with Crippen LogP contribution in [0.5, 0.6) is 0 Å². The summed E-state index contributed by atoms with van der Waals surface area (Å²) in [6.45, 7) is 0. The van der Waals surface area contributed by atoms with Crippen LogP contribution < -0.4 is 31.0 Å². The van der Waals surface area contributed by atoms with Gasteiger partial charge in [0.05, 0.1) is 6.07 Å². The summed E-state index contributed by atoms with van der Waals surface area (Å²) in [7, 11) is 0. The zero-order chi connectivity index (χ0) is 5.82. The molecule has 0 spiro atoms. The Morgan fingerprint density at radius 2 is 1.42 bits per heavy atom. The fraction of sp³-hybridized carbons (Fsp3) is 0.857. The van der Waals surface area contributed by atoms with Crippen LogP contribution in [0.15, 0.2) is 0 Å². The van der Waals surface area contributed by atoms with Gasteiger partial charge in [-0.2, -0.15) is 5.26 Å². The van der Waals surface area contributed by atoms with Crippen LogP contribution in [0.1, 0.15) is 32.1 Å². The van der Waals surface area contributed by atoms with E-state index in [-0.39, 0.29) is 52.0 Å². The molecule has 0 aromatic carbocycles. The van der Waals surface area contributed by atoms with Crippen LogP contribution in [-0.2, 0) is 21.1 Å². The minimum atomic E-state index is 0. The molecule has 0 heterocycles. The van der Waals surface area contributed by atoms with E-state index < -0.39 is 0 Å². The zero-order valence-electron chi connectivity index (χ0n) is 6.84. The molecule has 2 nitrogen and oxygen atoms in total. The van der Waals surface area contributed by atoms with E-state index >= 15 is 0 Å². The summed E-state index contributed by atoms with van der Waals surface area (Å²) in [5.74, 6) is 0.392. The third-order valence-electron chi connectivity index (χ3n) is 1.79. The number of hydrogen-bond donors (Lipinski definition) is 1. The van der Waals surface area contributed by atoms with Crippen molar-refractivity contribution in [1.29, 1.82) is 5.26 Å². The van der Waals surface area contributed by atoms with Gasteiger partial charge >= 0.3 is 21.1 Å². The molecule has 0 atom stereocenters. The second-order valence-corrected chi connectivity index (χ2v) is 2.46. The van der Waals surface area contributed by atoms with Crippen LogP contribution in [-0.4, -0.2) is 0 Å². The fourth-order valence-electron chi connectivity index (χ4n) is 1.23. The normalized spacial score (nSPS) is 14.9. The van der Waals surface area contributed by atoms with Gasteiger partial charge in [0.2, 0.25) is 0 Å². The van der Waals surface area contributed by atoms with Crippen LogP contribution >= 0.6 is 0 Å². The minimum Gasteiger partial charge on any atom is -1.00 e. The number of nitriles is 1. The first kappa shape index (κ1) is 23.0. The van der Waals surface area contributed by atoms with Crippen molar-refractivity contribution in [3.63, 3.8) is 0 Å². The number of halogens is 2. The van der Waals surface area contributed by atoms with Crippen molar-refractivity contribution in [3.05, 3.63) is 0 Å². The number of nitrogens with zero attached hydrogens (tertiary/aromatic N) is 1. The number of hydrogen-bond acceptors (Lipinski definition) is 2. The van der Waals surface area contributed by atoms with Crippen molar-refractivity contribution >= 4 is 0 Å². The quantitative estimate of drug-likeness (QED) is 0.461. The Kier molecular flexibility index (Phi) is 27.3. The maximum atomic E-state index is 8.44. The molecule has 0 amide bonds. The molecule has 0 unspecified atom stereocenters. The van der Waals surface area contributed by atoms with Gasteiger partial charge in [-0.15, -0.1) is 0 Å². The molecular weight excluding hydrogens is 378 g/mol. The van der Waals surface area contributed by atoms with Gasteiger partial charge in [-0.25, -0.2) is 0 Å². The molecule has 1 aliphatic rings. The molecule has 0 saturated heterocycles. The Morgan fingerprint density at radius 1 is 1.00 bits per heavy atom. The number of rotatable bonds is 0. The smallest absolute Gasteiger partial charge is 1.00 e. The first-order chi connectivity index (χ1) is 3.93. The fourth-order valence-corrected chi connectivity index (χ4v) is 1.23. The first-order valence-electron chi connectivity index (χ1n) is 3.33. The largest absolute Gasteiger partial charge is 4.00 e. The van der Waals surface area contributed by atoms with Crippen molar-refractivity contribution in [2.24, 2.45) is 5.92 Å². The van der Waals surface area contributed by atoms with E-state index in [9.17, 15) is 0 Å². The summed E-state index contributed by atoms with van der Waals surface area (Å²) in [5, 5.41) is 8.44. The SMILES string of the molecule is N.N#CC1CCCCC1.[Cl-].[Cl-].[Pt+4]. The van der Waals surface area contributed by atoms with Crippen LogP contribution in [0.4, 0.5) is 0 Å². The van der Waals surface area contributed by atoms with E-state index in [0.29, 0.717) is 5.92 Å². The molecule has 0 aromatic heterocycles. The Labute approximate surface area is 101 Å². The maximum absolute atomic E-state index is 8.44. The molecule has 1 saturated carbocycles. The van der Waals surface area contributed by atoms with Gasteiger partial charge in [0.25, 0.3) is 0 Å². The summed E-state index contributed by atoms with van der Waals surface area (Å²) >= 11 is 0. The molecule has 0 bridgehead atoms. The topological polar surface area (TPSA) is 58.8 Å². The summed E-state index contributed by atoms with van der Waals surface area (Å²) in [6, 6.07) is 2.30. The summed E-state index contributed by atoms with van der Waals surface area (Å²) in [6.07, 6.45) is 6.20. The van der Waals surface area contributed by atoms with Crippen LogP contribution in [0.3, 0.4) is 0 Å². The molecule has 0 radical (unpaired) electrons. The van der Waals surface area contributed by atoms with E-state index in [1.165, 1.54) is 19.3 Å². The molecular formula is C7H14Cl2N2Pt+2. The van der Waals surface area contributed by atoms with Gasteiger partial charge in [-0.05, 0) is 12.8 Å². The van der Waals surface area contributed by atoms with E-state index in [2.05, 4.69) is 6.07 Å². The second kappa shape index (κ2) is 14.3. The van der Waals surface area contributed by atoms with E-state index in [4.69, 9.17) is 5.26 Å². The predicted octanol–water partition coefficient (Wildman–Crippen LogP) is -3.74. The monoisotopic (exact) mass is 391 g/mol. The molecule has 5 heteroatoms. The predicted molar refractivity (Wildman–Crippen MR) is 37.2 cm³/mol. The van der Waals surface area contributed by atoms with Gasteiger partial charge in [-0.1, -0.05) is 19.3 Å². The summed E-state index contributed by atoms with van der Waals surface area (Å²) < 4.78 is 0. The van der Waals surface area contributed by atoms with Crippen LogP contribution in [0.25, 0.3) is 0 Å². The molecule has 3 N–H and O–H groups in total. The average Bonchev–Trinajstić information content (AvgIpc) is 1.90. The second-order valence-electron chi connectivity index (χ2n) is 2.46. The third kappa shape index (κ3) is 8.81. The first-order valence-corrected chi connectivity index (χ1v) is 3.33. The molecule has 1 rings (SSSR count). The van der Waals surface area contributed by atoms with E-state index in [1.807, 2.05) is 0 Å². The average molecular weight is 392 g/mol. The molecule has 1 aliphatic carbocycles. The van der Waals surface area contributed by atoms with Crippen molar-refractivity contribution in [1.82, 2.24) is 6.15 Å². The van der Waals surface area contributed by atoms with Crippen LogP contribution in [0.2, 0.25) is 0 Å². The molecule has 1 fully saturated rings. The summed E-state index contributed by atoms with van der Waals surface area (Å²) in [5.41, 5.74) is 0. The Hall–Kier alpha value is 0.718.